The van der Waals surface area contributed by atoms with Crippen LogP contribution in [0.2, 0.25) is 0 Å². The lowest BCUT2D eigenvalue weighted by Gasteiger charge is -2.08. The summed E-state index contributed by atoms with van der Waals surface area (Å²) in [7, 11) is 0. The van der Waals surface area contributed by atoms with Crippen molar-refractivity contribution in [2.45, 2.75) is 19.3 Å². The van der Waals surface area contributed by atoms with E-state index in [2.05, 4.69) is 90.3 Å². The molecule has 2 aliphatic rings. The van der Waals surface area contributed by atoms with Gasteiger partial charge in [-0.2, -0.15) is 0 Å². The maximum absolute atomic E-state index is 6.07. The Morgan fingerprint density at radius 3 is 2.67 bits per heavy atom. The smallest absolute Gasteiger partial charge is 0.136 e. The molecule has 0 saturated heterocycles. The first-order valence-corrected chi connectivity index (χ1v) is 9.50. The van der Waals surface area contributed by atoms with Gasteiger partial charge in [0.05, 0.1) is 0 Å². The van der Waals surface area contributed by atoms with Crippen molar-refractivity contribution < 1.29 is 4.42 Å². The minimum atomic E-state index is 0.953. The first kappa shape index (κ1) is 16.0. The Labute approximate surface area is 159 Å². The van der Waals surface area contributed by atoms with Crippen molar-refractivity contribution in [3.8, 4) is 0 Å². The molecule has 1 N–H and O–H groups in total. The molecule has 132 valence electrons. The van der Waals surface area contributed by atoms with Crippen LogP contribution in [0, 0.1) is 0 Å². The molecule has 0 aliphatic heterocycles. The summed E-state index contributed by atoms with van der Waals surface area (Å²) in [5, 5.41) is 4.69. The molecule has 1 aromatic heterocycles. The molecular weight excluding hydrogens is 330 g/mol. The van der Waals surface area contributed by atoms with Gasteiger partial charge in [0.15, 0.2) is 0 Å². The van der Waals surface area contributed by atoms with E-state index in [9.17, 15) is 0 Å². The van der Waals surface area contributed by atoms with Gasteiger partial charge in [-0.15, -0.1) is 0 Å². The molecule has 2 nitrogen and oxygen atoms in total. The lowest BCUT2D eigenvalue weighted by atomic mass is 10.0. The molecule has 0 atom stereocenters. The van der Waals surface area contributed by atoms with Gasteiger partial charge in [-0.1, -0.05) is 54.7 Å². The zero-order chi connectivity index (χ0) is 18.1. The number of allylic oxidation sites excluding steroid dienone is 7. The Hall–Kier alpha value is -3.26. The maximum atomic E-state index is 6.07. The lowest BCUT2D eigenvalue weighted by molar-refractivity contribution is 0.546. The van der Waals surface area contributed by atoms with Crippen LogP contribution in [0.1, 0.15) is 29.7 Å². The highest BCUT2D eigenvalue weighted by Gasteiger charge is 2.14. The summed E-state index contributed by atoms with van der Waals surface area (Å²) < 4.78 is 6.07. The second-order valence-corrected chi connectivity index (χ2v) is 6.98. The highest BCUT2D eigenvalue weighted by molar-refractivity contribution is 5.91. The predicted octanol–water partition coefficient (Wildman–Crippen LogP) is 7.04. The Kier molecular flexibility index (Phi) is 4.02. The van der Waals surface area contributed by atoms with E-state index >= 15 is 0 Å². The van der Waals surface area contributed by atoms with Crippen LogP contribution in [-0.2, 0) is 6.42 Å². The van der Waals surface area contributed by atoms with E-state index in [0.29, 0.717) is 0 Å². The number of nitrogens with one attached hydrogen (secondary N) is 1. The zero-order valence-corrected chi connectivity index (χ0v) is 15.1. The van der Waals surface area contributed by atoms with Gasteiger partial charge < -0.3 is 9.73 Å². The molecule has 0 saturated carbocycles. The van der Waals surface area contributed by atoms with Gasteiger partial charge in [0.2, 0.25) is 0 Å². The minimum absolute atomic E-state index is 0.953. The molecule has 0 spiro atoms. The minimum Gasteiger partial charge on any atom is -0.460 e. The van der Waals surface area contributed by atoms with Gasteiger partial charge >= 0.3 is 0 Å². The number of furan rings is 1. The van der Waals surface area contributed by atoms with E-state index in [1.165, 1.54) is 22.1 Å². The highest BCUT2D eigenvalue weighted by Crippen LogP contribution is 2.33. The van der Waals surface area contributed by atoms with Gasteiger partial charge in [-0.05, 0) is 48.2 Å². The van der Waals surface area contributed by atoms with E-state index in [4.69, 9.17) is 4.42 Å². The molecule has 1 heterocycles. The van der Waals surface area contributed by atoms with E-state index in [1.54, 1.807) is 0 Å². The number of hydrogen-bond acceptors (Lipinski definition) is 2. The molecule has 0 unspecified atom stereocenters. The molecule has 0 amide bonds. The number of fused-ring (bicyclic) bond motifs is 3. The molecule has 27 heavy (non-hydrogen) atoms. The van der Waals surface area contributed by atoms with Crippen molar-refractivity contribution in [2.24, 2.45) is 0 Å². The first-order valence-electron chi connectivity index (χ1n) is 9.50. The van der Waals surface area contributed by atoms with Crippen molar-refractivity contribution >= 4 is 34.0 Å². The maximum Gasteiger partial charge on any atom is 0.136 e. The van der Waals surface area contributed by atoms with Gasteiger partial charge in [-0.3, -0.25) is 0 Å². The highest BCUT2D eigenvalue weighted by atomic mass is 16.3. The average Bonchev–Trinajstić information content (AvgIpc) is 2.87. The summed E-state index contributed by atoms with van der Waals surface area (Å²) in [5.41, 5.74) is 6.82. The monoisotopic (exact) mass is 351 g/mol. The van der Waals surface area contributed by atoms with E-state index < -0.39 is 0 Å². The van der Waals surface area contributed by atoms with Crippen LogP contribution in [0.5, 0.6) is 0 Å². The number of anilines is 2. The van der Waals surface area contributed by atoms with Crippen molar-refractivity contribution in [3.63, 3.8) is 0 Å². The topological polar surface area (TPSA) is 25.2 Å². The van der Waals surface area contributed by atoms with Gasteiger partial charge in [-0.25, -0.2) is 0 Å². The normalized spacial score (nSPS) is 15.5. The van der Waals surface area contributed by atoms with Crippen molar-refractivity contribution in [2.75, 3.05) is 5.32 Å². The summed E-state index contributed by atoms with van der Waals surface area (Å²) in [5.74, 6) is 1.10. The Balaban J connectivity index is 1.38. The fourth-order valence-electron chi connectivity index (χ4n) is 3.74. The summed E-state index contributed by atoms with van der Waals surface area (Å²) in [6, 6.07) is 15.0. The number of benzene rings is 2. The fourth-order valence-corrected chi connectivity index (χ4v) is 3.74. The number of aryl methyl sites for hydroxylation is 1. The third-order valence-corrected chi connectivity index (χ3v) is 5.13. The molecule has 2 aromatic carbocycles. The molecule has 5 rings (SSSR count). The van der Waals surface area contributed by atoms with E-state index in [0.717, 1.165) is 42.0 Å². The van der Waals surface area contributed by atoms with Gasteiger partial charge in [0.25, 0.3) is 0 Å². The van der Waals surface area contributed by atoms with Crippen molar-refractivity contribution in [3.05, 3.63) is 95.8 Å². The predicted molar refractivity (Wildman–Crippen MR) is 114 cm³/mol. The summed E-state index contributed by atoms with van der Waals surface area (Å²) in [4.78, 5) is 0. The first-order chi connectivity index (χ1) is 13.4. The molecule has 2 aliphatic carbocycles. The second-order valence-electron chi connectivity index (χ2n) is 6.98. The second kappa shape index (κ2) is 6.81. The van der Waals surface area contributed by atoms with Crippen LogP contribution >= 0.6 is 0 Å². The fraction of sp³-hybridized carbons (Fsp3) is 0.120. The van der Waals surface area contributed by atoms with Crippen molar-refractivity contribution in [1.29, 1.82) is 0 Å². The summed E-state index contributed by atoms with van der Waals surface area (Å²) >= 11 is 0. The Morgan fingerprint density at radius 1 is 0.852 bits per heavy atom. The lowest BCUT2D eigenvalue weighted by Crippen LogP contribution is -1.91. The number of hydrogen-bond donors (Lipinski definition) is 1. The van der Waals surface area contributed by atoms with Crippen LogP contribution in [0.4, 0.5) is 11.4 Å². The van der Waals surface area contributed by atoms with Crippen LogP contribution in [-0.4, -0.2) is 0 Å². The van der Waals surface area contributed by atoms with E-state index in [-0.39, 0.29) is 0 Å². The molecule has 2 heteroatoms. The van der Waals surface area contributed by atoms with E-state index in [1.807, 2.05) is 0 Å². The largest absolute Gasteiger partial charge is 0.460 e. The van der Waals surface area contributed by atoms with Gasteiger partial charge in [0.1, 0.15) is 11.3 Å². The molecular formula is C25H21NO. The average molecular weight is 351 g/mol. The van der Waals surface area contributed by atoms with Gasteiger partial charge in [0, 0.05) is 34.8 Å². The zero-order valence-electron chi connectivity index (χ0n) is 15.1. The van der Waals surface area contributed by atoms with Crippen LogP contribution in [0.25, 0.3) is 22.6 Å². The SMILES string of the molecule is C1=CCC=C(c2ccc(Nc3ccc4c5c(oc4c3)CCC=C5)cc2)C=C1. The van der Waals surface area contributed by atoms with Crippen LogP contribution in [0.3, 0.4) is 0 Å². The number of rotatable bonds is 3. The molecule has 3 aromatic rings. The standard InChI is InChI=1S/C25H21NO/c1-2-4-8-18(7-3-1)19-11-13-20(14-12-19)26-21-15-16-23-22-9-5-6-10-24(22)27-25(23)17-21/h1-3,5,7-9,11-17,26H,4,6,10H2. The molecule has 0 radical (unpaired) electrons. The third-order valence-electron chi connectivity index (χ3n) is 5.13. The third kappa shape index (κ3) is 3.15. The van der Waals surface area contributed by atoms with Crippen LogP contribution < -0.4 is 5.32 Å². The quantitative estimate of drug-likeness (QED) is 0.547. The Morgan fingerprint density at radius 2 is 1.74 bits per heavy atom. The van der Waals surface area contributed by atoms with Crippen LogP contribution in [0.15, 0.2) is 83.3 Å². The Bertz CT molecular complexity index is 1110. The summed E-state index contributed by atoms with van der Waals surface area (Å²) in [6.45, 7) is 0. The molecule has 0 bridgehead atoms. The molecule has 0 fully saturated rings. The summed E-state index contributed by atoms with van der Waals surface area (Å²) in [6.07, 6.45) is 18.2. The van der Waals surface area contributed by atoms with Crippen molar-refractivity contribution in [1.82, 2.24) is 0 Å².